The first kappa shape index (κ1) is 28.8. The smallest absolute Gasteiger partial charge is 1.00 e. The maximum Gasteiger partial charge on any atom is -1.00 e. The third-order valence-corrected chi connectivity index (χ3v) is 3.06. The van der Waals surface area contributed by atoms with Crippen molar-refractivity contribution in [3.05, 3.63) is 59.7 Å². The van der Waals surface area contributed by atoms with E-state index in [0.29, 0.717) is 10.8 Å². The Balaban J connectivity index is -0.000000283. The van der Waals surface area contributed by atoms with E-state index < -0.39 is 0 Å². The minimum Gasteiger partial charge on any atom is -1.00 e. The molecule has 2 aromatic rings. The molecular formula is C21H32Cl2Zr-2. The molecule has 0 heterocycles. The van der Waals surface area contributed by atoms with Gasteiger partial charge in [-0.2, -0.15) is 47.5 Å². The molecular weight excluding hydrogens is 414 g/mol. The van der Waals surface area contributed by atoms with Crippen LogP contribution >= 0.6 is 0 Å². The first-order valence-corrected chi connectivity index (χ1v) is 9.13. The second-order valence-electron chi connectivity index (χ2n) is 7.85. The van der Waals surface area contributed by atoms with Crippen LogP contribution in [0, 0.1) is 0 Å². The monoisotopic (exact) mass is 444 g/mol. The van der Waals surface area contributed by atoms with Crippen LogP contribution in [0.15, 0.2) is 48.5 Å². The van der Waals surface area contributed by atoms with Crippen LogP contribution < -0.4 is 24.8 Å². The van der Waals surface area contributed by atoms with Crippen molar-refractivity contribution in [1.29, 1.82) is 0 Å². The SMILES string of the molecule is CC(C)(C)c1cc[cH-]c1.CC(C)(C)c1cc[cH-]c1.C[C](C)=[Zr+2].[Cl-].[Cl-]. The van der Waals surface area contributed by atoms with Gasteiger partial charge in [0.1, 0.15) is 0 Å². The number of rotatable bonds is 0. The van der Waals surface area contributed by atoms with Crippen LogP contribution in [0.3, 0.4) is 0 Å². The van der Waals surface area contributed by atoms with Crippen LogP contribution in [0.1, 0.15) is 66.5 Å². The van der Waals surface area contributed by atoms with Crippen molar-refractivity contribution in [2.24, 2.45) is 0 Å². The molecule has 0 amide bonds. The molecule has 2 aromatic carbocycles. The van der Waals surface area contributed by atoms with Gasteiger partial charge in [-0.15, -0.1) is 0 Å². The van der Waals surface area contributed by atoms with E-state index >= 15 is 0 Å². The molecule has 0 saturated heterocycles. The molecule has 0 saturated carbocycles. The van der Waals surface area contributed by atoms with Crippen LogP contribution in [-0.2, 0) is 35.1 Å². The average Bonchev–Trinajstić information content (AvgIpc) is 3.02. The normalized spacial score (nSPS) is 10.1. The minimum absolute atomic E-state index is 0. The zero-order valence-electron chi connectivity index (χ0n) is 16.4. The zero-order valence-corrected chi connectivity index (χ0v) is 20.3. The van der Waals surface area contributed by atoms with Gasteiger partial charge in [-0.3, -0.25) is 0 Å². The molecule has 0 spiro atoms. The number of hydrogen-bond acceptors (Lipinski definition) is 0. The summed E-state index contributed by atoms with van der Waals surface area (Å²) in [5, 5.41) is 0. The van der Waals surface area contributed by atoms with E-state index in [1.54, 1.807) is 24.2 Å². The Labute approximate surface area is 177 Å². The van der Waals surface area contributed by atoms with Crippen LogP contribution in [0.2, 0.25) is 0 Å². The molecule has 0 aromatic heterocycles. The second kappa shape index (κ2) is 13.3. The Bertz CT molecular complexity index is 461. The standard InChI is InChI=1S/2C9H13.C3H6.2ClH.Zr/c2*1-9(2,3)8-6-4-5-7-8;1-3-2;;;/h2*4-7H,1-3H3;1-2H3;2*1H;/q2*-1;;;;+2/p-2. The van der Waals surface area contributed by atoms with Gasteiger partial charge in [-0.1, -0.05) is 52.4 Å². The van der Waals surface area contributed by atoms with Crippen LogP contribution in [0.4, 0.5) is 0 Å². The van der Waals surface area contributed by atoms with Gasteiger partial charge in [0.15, 0.2) is 0 Å². The maximum atomic E-state index is 2.22. The van der Waals surface area contributed by atoms with E-state index in [9.17, 15) is 0 Å². The molecule has 0 aliphatic heterocycles. The van der Waals surface area contributed by atoms with Crippen molar-refractivity contribution in [3.63, 3.8) is 0 Å². The van der Waals surface area contributed by atoms with E-state index in [1.165, 1.54) is 14.3 Å². The van der Waals surface area contributed by atoms with Crippen LogP contribution in [0.25, 0.3) is 0 Å². The second-order valence-corrected chi connectivity index (χ2v) is 10.3. The summed E-state index contributed by atoms with van der Waals surface area (Å²) in [6.07, 6.45) is 0. The molecule has 0 fully saturated rings. The van der Waals surface area contributed by atoms with Crippen LogP contribution in [-0.4, -0.2) is 3.21 Å². The summed E-state index contributed by atoms with van der Waals surface area (Å²) in [6, 6.07) is 17.0. The number of hydrogen-bond donors (Lipinski definition) is 0. The summed E-state index contributed by atoms with van der Waals surface area (Å²) in [7, 11) is 0. The number of halogens is 2. The van der Waals surface area contributed by atoms with Crippen molar-refractivity contribution in [1.82, 2.24) is 0 Å². The Morgan fingerprint density at radius 3 is 1.08 bits per heavy atom. The molecule has 0 atom stereocenters. The fourth-order valence-corrected chi connectivity index (χ4v) is 1.75. The topological polar surface area (TPSA) is 0 Å². The third kappa shape index (κ3) is 14.4. The Kier molecular flexibility index (Phi) is 15.9. The minimum atomic E-state index is 0. The first-order chi connectivity index (χ1) is 9.94. The summed E-state index contributed by atoms with van der Waals surface area (Å²) < 4.78 is 1.51. The molecule has 2 rings (SSSR count). The van der Waals surface area contributed by atoms with Crippen molar-refractivity contribution < 1.29 is 49.0 Å². The van der Waals surface area contributed by atoms with Gasteiger partial charge in [0.25, 0.3) is 0 Å². The van der Waals surface area contributed by atoms with Gasteiger partial charge in [0.2, 0.25) is 0 Å². The van der Waals surface area contributed by atoms with E-state index in [2.05, 4.69) is 104 Å². The van der Waals surface area contributed by atoms with Gasteiger partial charge in [0.05, 0.1) is 0 Å². The van der Waals surface area contributed by atoms with E-state index in [1.807, 2.05) is 0 Å². The molecule has 0 radical (unpaired) electrons. The molecule has 0 aliphatic carbocycles. The fraction of sp³-hybridized carbons (Fsp3) is 0.476. The predicted octanol–water partition coefficient (Wildman–Crippen LogP) is 0.159. The van der Waals surface area contributed by atoms with Crippen LogP contribution in [0.5, 0.6) is 0 Å². The predicted molar refractivity (Wildman–Crippen MR) is 97.8 cm³/mol. The molecule has 3 heteroatoms. The van der Waals surface area contributed by atoms with E-state index in [-0.39, 0.29) is 24.8 Å². The molecule has 0 aliphatic rings. The molecule has 0 N–H and O–H groups in total. The Morgan fingerprint density at radius 2 is 1.00 bits per heavy atom. The fourth-order valence-electron chi connectivity index (χ4n) is 1.75. The van der Waals surface area contributed by atoms with E-state index in [0.717, 1.165) is 0 Å². The van der Waals surface area contributed by atoms with Crippen molar-refractivity contribution in [2.75, 3.05) is 0 Å². The molecule has 24 heavy (non-hydrogen) atoms. The van der Waals surface area contributed by atoms with Gasteiger partial charge in [-0.05, 0) is 0 Å². The van der Waals surface area contributed by atoms with Crippen molar-refractivity contribution in [3.8, 4) is 0 Å². The molecule has 136 valence electrons. The first-order valence-electron chi connectivity index (χ1n) is 7.90. The summed E-state index contributed by atoms with van der Waals surface area (Å²) in [5.74, 6) is 0. The Hall–Kier alpha value is 0.0331. The largest absolute Gasteiger partial charge is 1.00 e. The molecule has 0 unspecified atom stereocenters. The van der Waals surface area contributed by atoms with Crippen molar-refractivity contribution in [2.45, 2.75) is 66.2 Å². The summed E-state index contributed by atoms with van der Waals surface area (Å²) in [5.41, 5.74) is 3.48. The zero-order chi connectivity index (χ0) is 17.4. The summed E-state index contributed by atoms with van der Waals surface area (Å²) in [6.45, 7) is 17.6. The quantitative estimate of drug-likeness (QED) is 0.506. The van der Waals surface area contributed by atoms with Crippen molar-refractivity contribution >= 4 is 3.21 Å². The van der Waals surface area contributed by atoms with E-state index in [4.69, 9.17) is 0 Å². The van der Waals surface area contributed by atoms with Gasteiger partial charge >= 0.3 is 41.3 Å². The van der Waals surface area contributed by atoms with Gasteiger partial charge < -0.3 is 24.8 Å². The maximum absolute atomic E-state index is 2.22. The summed E-state index contributed by atoms with van der Waals surface area (Å²) >= 11 is 1.55. The Morgan fingerprint density at radius 1 is 0.750 bits per heavy atom. The van der Waals surface area contributed by atoms with Gasteiger partial charge in [-0.25, -0.2) is 12.1 Å². The molecule has 0 nitrogen and oxygen atoms in total. The average molecular weight is 447 g/mol. The van der Waals surface area contributed by atoms with Gasteiger partial charge in [0, 0.05) is 0 Å². The third-order valence-electron chi connectivity index (χ3n) is 3.06. The summed E-state index contributed by atoms with van der Waals surface area (Å²) in [4.78, 5) is 0. The molecule has 0 bridgehead atoms.